The van der Waals surface area contributed by atoms with Gasteiger partial charge in [-0.25, -0.2) is 21.5 Å². The van der Waals surface area contributed by atoms with E-state index < -0.39 is 39.5 Å². The third kappa shape index (κ3) is 4.24. The highest BCUT2D eigenvalue weighted by Crippen LogP contribution is 2.18. The van der Waals surface area contributed by atoms with Crippen LogP contribution in [0.4, 0.5) is 8.78 Å². The molecule has 2 rings (SSSR count). The predicted molar refractivity (Wildman–Crippen MR) is 79.4 cm³/mol. The van der Waals surface area contributed by atoms with Crippen LogP contribution < -0.4 is 5.32 Å². The minimum absolute atomic E-state index is 0.141. The summed E-state index contributed by atoms with van der Waals surface area (Å²) in [5.74, 6) is -3.10. The average Bonchev–Trinajstić information content (AvgIpc) is 2.84. The number of halogens is 2. The molecule has 1 aliphatic heterocycles. The van der Waals surface area contributed by atoms with E-state index in [1.807, 2.05) is 0 Å². The summed E-state index contributed by atoms with van der Waals surface area (Å²) in [6, 6.07) is 2.09. The Bertz CT molecular complexity index is 694. The van der Waals surface area contributed by atoms with Gasteiger partial charge in [-0.1, -0.05) is 0 Å². The number of benzene rings is 1. The number of amides is 1. The average molecular weight is 348 g/mol. The molecule has 23 heavy (non-hydrogen) atoms. The monoisotopic (exact) mass is 348 g/mol. The molecular formula is C14H18F2N2O4S. The van der Waals surface area contributed by atoms with E-state index >= 15 is 0 Å². The van der Waals surface area contributed by atoms with Gasteiger partial charge in [0.25, 0.3) is 5.91 Å². The van der Waals surface area contributed by atoms with Gasteiger partial charge in [-0.3, -0.25) is 4.79 Å². The van der Waals surface area contributed by atoms with Crippen molar-refractivity contribution in [1.29, 1.82) is 0 Å². The molecule has 9 heteroatoms. The zero-order valence-electron chi connectivity index (χ0n) is 12.8. The van der Waals surface area contributed by atoms with E-state index in [1.54, 1.807) is 0 Å². The zero-order chi connectivity index (χ0) is 17.2. The maximum atomic E-state index is 13.6. The molecule has 0 saturated carbocycles. The van der Waals surface area contributed by atoms with Crippen LogP contribution >= 0.6 is 0 Å². The number of rotatable bonds is 5. The maximum absolute atomic E-state index is 13.6. The van der Waals surface area contributed by atoms with Gasteiger partial charge < -0.3 is 10.1 Å². The fraction of sp³-hybridized carbons (Fsp3) is 0.500. The number of ether oxygens (including phenoxy) is 1. The van der Waals surface area contributed by atoms with Crippen molar-refractivity contribution >= 4 is 15.9 Å². The van der Waals surface area contributed by atoms with Crippen LogP contribution in [0, 0.1) is 17.6 Å². The van der Waals surface area contributed by atoms with E-state index in [1.165, 1.54) is 14.1 Å². The van der Waals surface area contributed by atoms with Gasteiger partial charge >= 0.3 is 0 Å². The fourth-order valence-electron chi connectivity index (χ4n) is 2.26. The molecule has 0 aromatic heterocycles. The standard InChI is InChI=1S/C14H18F2N2O4S/c1-18(2)23(20,21)8-9-6-22-7-13(9)17-14(19)11-4-3-10(15)5-12(11)16/h3-5,9,13H,6-8H2,1-2H3,(H,17,19). The number of hydrogen-bond acceptors (Lipinski definition) is 4. The lowest BCUT2D eigenvalue weighted by Crippen LogP contribution is -2.43. The second-order valence-electron chi connectivity index (χ2n) is 5.56. The number of sulfonamides is 1. The smallest absolute Gasteiger partial charge is 0.254 e. The van der Waals surface area contributed by atoms with E-state index in [0.29, 0.717) is 6.07 Å². The number of nitrogens with one attached hydrogen (secondary N) is 1. The minimum Gasteiger partial charge on any atom is -0.379 e. The summed E-state index contributed by atoms with van der Waals surface area (Å²) in [5, 5.41) is 2.56. The Hall–Kier alpha value is -1.58. The molecule has 0 radical (unpaired) electrons. The van der Waals surface area contributed by atoms with E-state index in [0.717, 1.165) is 16.4 Å². The van der Waals surface area contributed by atoms with Crippen molar-refractivity contribution in [3.05, 3.63) is 35.4 Å². The van der Waals surface area contributed by atoms with Crippen molar-refractivity contribution in [2.24, 2.45) is 5.92 Å². The Kier molecular flexibility index (Phi) is 5.33. The van der Waals surface area contributed by atoms with E-state index in [9.17, 15) is 22.0 Å². The molecule has 1 aromatic rings. The second kappa shape index (κ2) is 6.90. The van der Waals surface area contributed by atoms with Crippen molar-refractivity contribution < 1.29 is 26.7 Å². The molecule has 1 heterocycles. The summed E-state index contributed by atoms with van der Waals surface area (Å²) >= 11 is 0. The van der Waals surface area contributed by atoms with Gasteiger partial charge in [0.15, 0.2) is 0 Å². The molecule has 0 spiro atoms. The Morgan fingerprint density at radius 2 is 2.04 bits per heavy atom. The zero-order valence-corrected chi connectivity index (χ0v) is 13.6. The van der Waals surface area contributed by atoms with Gasteiger partial charge in [0, 0.05) is 26.1 Å². The molecule has 1 amide bonds. The van der Waals surface area contributed by atoms with Crippen LogP contribution in [0.3, 0.4) is 0 Å². The van der Waals surface area contributed by atoms with Gasteiger partial charge in [0.1, 0.15) is 11.6 Å². The lowest BCUT2D eigenvalue weighted by molar-refractivity contribution is 0.0922. The van der Waals surface area contributed by atoms with Crippen LogP contribution in [0.5, 0.6) is 0 Å². The van der Waals surface area contributed by atoms with Gasteiger partial charge in [-0.2, -0.15) is 0 Å². The first-order chi connectivity index (χ1) is 10.7. The van der Waals surface area contributed by atoms with Crippen molar-refractivity contribution in [1.82, 2.24) is 9.62 Å². The molecule has 1 N–H and O–H groups in total. The minimum atomic E-state index is -3.45. The highest BCUT2D eigenvalue weighted by Gasteiger charge is 2.34. The van der Waals surface area contributed by atoms with E-state index in [-0.39, 0.29) is 24.5 Å². The molecule has 1 aromatic carbocycles. The third-order valence-corrected chi connectivity index (χ3v) is 5.63. The normalized spacial score (nSPS) is 21.6. The molecule has 6 nitrogen and oxygen atoms in total. The van der Waals surface area contributed by atoms with Gasteiger partial charge in [0.05, 0.1) is 30.6 Å². The Morgan fingerprint density at radius 1 is 1.35 bits per heavy atom. The van der Waals surface area contributed by atoms with Gasteiger partial charge in [-0.15, -0.1) is 0 Å². The molecule has 2 unspecified atom stereocenters. The highest BCUT2D eigenvalue weighted by molar-refractivity contribution is 7.89. The third-order valence-electron chi connectivity index (χ3n) is 3.67. The second-order valence-corrected chi connectivity index (χ2v) is 7.79. The van der Waals surface area contributed by atoms with Crippen LogP contribution in [-0.2, 0) is 14.8 Å². The molecule has 0 aliphatic carbocycles. The van der Waals surface area contributed by atoms with Crippen molar-refractivity contribution in [2.45, 2.75) is 6.04 Å². The Morgan fingerprint density at radius 3 is 2.65 bits per heavy atom. The molecule has 1 aliphatic rings. The fourth-order valence-corrected chi connectivity index (χ4v) is 3.43. The first-order valence-electron chi connectivity index (χ1n) is 6.94. The van der Waals surface area contributed by atoms with E-state index in [2.05, 4.69) is 5.32 Å². The lowest BCUT2D eigenvalue weighted by Gasteiger charge is -2.21. The van der Waals surface area contributed by atoms with E-state index in [4.69, 9.17) is 4.74 Å². The Balaban J connectivity index is 2.08. The van der Waals surface area contributed by atoms with Crippen LogP contribution in [0.25, 0.3) is 0 Å². The van der Waals surface area contributed by atoms with Crippen LogP contribution in [-0.4, -0.2) is 57.7 Å². The molecule has 128 valence electrons. The molecule has 1 fully saturated rings. The van der Waals surface area contributed by atoms with Crippen molar-refractivity contribution in [3.63, 3.8) is 0 Å². The molecular weight excluding hydrogens is 330 g/mol. The number of carbonyl (C=O) groups excluding carboxylic acids is 1. The summed E-state index contributed by atoms with van der Waals surface area (Å²) in [6.07, 6.45) is 0. The number of carbonyl (C=O) groups is 1. The number of hydrogen-bond donors (Lipinski definition) is 1. The highest BCUT2D eigenvalue weighted by atomic mass is 32.2. The lowest BCUT2D eigenvalue weighted by atomic mass is 10.1. The van der Waals surface area contributed by atoms with Crippen LogP contribution in [0.1, 0.15) is 10.4 Å². The van der Waals surface area contributed by atoms with Crippen LogP contribution in [0.15, 0.2) is 18.2 Å². The molecule has 2 atom stereocenters. The summed E-state index contributed by atoms with van der Waals surface area (Å²) in [6.45, 7) is 0.325. The topological polar surface area (TPSA) is 75.7 Å². The van der Waals surface area contributed by atoms with Gasteiger partial charge in [-0.05, 0) is 12.1 Å². The van der Waals surface area contributed by atoms with Crippen molar-refractivity contribution in [2.75, 3.05) is 33.1 Å². The number of nitrogens with zero attached hydrogens (tertiary/aromatic N) is 1. The first kappa shape index (κ1) is 17.8. The SMILES string of the molecule is CN(C)S(=O)(=O)CC1COCC1NC(=O)c1ccc(F)cc1F. The maximum Gasteiger partial charge on any atom is 0.254 e. The quantitative estimate of drug-likeness (QED) is 0.846. The Labute approximate surface area is 133 Å². The largest absolute Gasteiger partial charge is 0.379 e. The first-order valence-corrected chi connectivity index (χ1v) is 8.55. The summed E-state index contributed by atoms with van der Waals surface area (Å²) < 4.78 is 56.7. The van der Waals surface area contributed by atoms with Crippen molar-refractivity contribution in [3.8, 4) is 0 Å². The summed E-state index contributed by atoms with van der Waals surface area (Å²) in [7, 11) is -0.604. The summed E-state index contributed by atoms with van der Waals surface area (Å²) in [4.78, 5) is 12.1. The van der Waals surface area contributed by atoms with Crippen LogP contribution in [0.2, 0.25) is 0 Å². The molecule has 1 saturated heterocycles. The predicted octanol–water partition coefficient (Wildman–Crippen LogP) is 0.601. The summed E-state index contributed by atoms with van der Waals surface area (Å²) in [5.41, 5.74) is -0.299. The van der Waals surface area contributed by atoms with Gasteiger partial charge in [0.2, 0.25) is 10.0 Å². The molecule has 0 bridgehead atoms.